The van der Waals surface area contributed by atoms with Crippen molar-refractivity contribution >= 4 is 11.8 Å². The first-order valence-electron chi connectivity index (χ1n) is 3.97. The van der Waals surface area contributed by atoms with Crippen LogP contribution in [0, 0.1) is 0 Å². The van der Waals surface area contributed by atoms with Crippen LogP contribution in [0.25, 0.3) is 0 Å². The van der Waals surface area contributed by atoms with Gasteiger partial charge in [-0.25, -0.2) is 0 Å². The van der Waals surface area contributed by atoms with E-state index in [9.17, 15) is 0 Å². The zero-order valence-corrected chi connectivity index (χ0v) is 8.28. The predicted octanol–water partition coefficient (Wildman–Crippen LogP) is 1.79. The third-order valence-corrected chi connectivity index (χ3v) is 2.43. The molecule has 0 unspecified atom stereocenters. The Balaban J connectivity index is 2.69. The maximum atomic E-state index is 4.93. The molecule has 0 heterocycles. The van der Waals surface area contributed by atoms with Crippen LogP contribution in [0.2, 0.25) is 0 Å². The fourth-order valence-electron chi connectivity index (χ4n) is 0.713. The molecule has 0 N–H and O–H groups in total. The van der Waals surface area contributed by atoms with Crippen LogP contribution < -0.4 is 0 Å². The van der Waals surface area contributed by atoms with Crippen molar-refractivity contribution in [2.75, 3.05) is 38.9 Å². The standard InChI is InChI=1S/C8H18O2S/c1-9-5-3-7-11-8-4-6-10-2/h3-8H2,1-2H3. The predicted molar refractivity (Wildman–Crippen MR) is 50.3 cm³/mol. The van der Waals surface area contributed by atoms with E-state index in [0.29, 0.717) is 0 Å². The van der Waals surface area contributed by atoms with Crippen molar-refractivity contribution in [1.29, 1.82) is 0 Å². The molecule has 0 rings (SSSR count). The first-order valence-corrected chi connectivity index (χ1v) is 5.13. The minimum atomic E-state index is 0.886. The Kier molecular flexibility index (Phi) is 10.5. The number of hydrogen-bond acceptors (Lipinski definition) is 3. The molecule has 0 amide bonds. The van der Waals surface area contributed by atoms with Gasteiger partial charge in [-0.05, 0) is 24.3 Å². The Hall–Kier alpha value is 0.270. The van der Waals surface area contributed by atoms with E-state index in [-0.39, 0.29) is 0 Å². The topological polar surface area (TPSA) is 18.5 Å². The summed E-state index contributed by atoms with van der Waals surface area (Å²) in [4.78, 5) is 0. The fraction of sp³-hybridized carbons (Fsp3) is 1.00. The molecule has 0 atom stereocenters. The number of ether oxygens (including phenoxy) is 2. The van der Waals surface area contributed by atoms with E-state index >= 15 is 0 Å². The molecule has 0 aromatic rings. The molecule has 0 saturated heterocycles. The molecular weight excluding hydrogens is 160 g/mol. The van der Waals surface area contributed by atoms with Crippen LogP contribution in [0.1, 0.15) is 12.8 Å². The van der Waals surface area contributed by atoms with Gasteiger partial charge in [0.1, 0.15) is 0 Å². The molecule has 68 valence electrons. The lowest BCUT2D eigenvalue weighted by Gasteiger charge is -2.00. The van der Waals surface area contributed by atoms with Gasteiger partial charge in [-0.15, -0.1) is 0 Å². The molecule has 0 aliphatic carbocycles. The number of thioether (sulfide) groups is 1. The summed E-state index contributed by atoms with van der Waals surface area (Å²) in [6.07, 6.45) is 2.32. The number of methoxy groups -OCH3 is 2. The molecule has 2 nitrogen and oxygen atoms in total. The lowest BCUT2D eigenvalue weighted by molar-refractivity contribution is 0.199. The van der Waals surface area contributed by atoms with E-state index in [4.69, 9.17) is 9.47 Å². The Morgan fingerprint density at radius 1 is 0.909 bits per heavy atom. The van der Waals surface area contributed by atoms with E-state index in [1.807, 2.05) is 11.8 Å². The zero-order chi connectivity index (χ0) is 8.36. The van der Waals surface area contributed by atoms with Crippen LogP contribution in [-0.4, -0.2) is 38.9 Å². The van der Waals surface area contributed by atoms with Crippen LogP contribution >= 0.6 is 11.8 Å². The zero-order valence-electron chi connectivity index (χ0n) is 7.47. The highest BCUT2D eigenvalue weighted by Gasteiger charge is 1.89. The van der Waals surface area contributed by atoms with Crippen molar-refractivity contribution in [1.82, 2.24) is 0 Å². The van der Waals surface area contributed by atoms with Crippen LogP contribution in [0.3, 0.4) is 0 Å². The second-order valence-corrected chi connectivity index (χ2v) is 3.53. The molecule has 0 radical (unpaired) electrons. The van der Waals surface area contributed by atoms with E-state index in [1.54, 1.807) is 14.2 Å². The largest absolute Gasteiger partial charge is 0.385 e. The van der Waals surface area contributed by atoms with E-state index < -0.39 is 0 Å². The Morgan fingerprint density at radius 2 is 1.36 bits per heavy atom. The summed E-state index contributed by atoms with van der Waals surface area (Å²) < 4.78 is 9.86. The first kappa shape index (κ1) is 11.3. The van der Waals surface area contributed by atoms with Gasteiger partial charge in [-0.2, -0.15) is 11.8 Å². The fourth-order valence-corrected chi connectivity index (χ4v) is 1.56. The summed E-state index contributed by atoms with van der Waals surface area (Å²) >= 11 is 1.97. The summed E-state index contributed by atoms with van der Waals surface area (Å²) in [5, 5.41) is 0. The molecule has 11 heavy (non-hydrogen) atoms. The van der Waals surface area contributed by atoms with Gasteiger partial charge in [0.2, 0.25) is 0 Å². The number of hydrogen-bond donors (Lipinski definition) is 0. The van der Waals surface area contributed by atoms with Gasteiger partial charge in [0.25, 0.3) is 0 Å². The molecule has 0 saturated carbocycles. The van der Waals surface area contributed by atoms with E-state index in [1.165, 1.54) is 11.5 Å². The quantitative estimate of drug-likeness (QED) is 0.528. The van der Waals surface area contributed by atoms with Crippen molar-refractivity contribution in [3.8, 4) is 0 Å². The smallest absolute Gasteiger partial charge is 0.0470 e. The maximum absolute atomic E-state index is 4.93. The normalized spacial score (nSPS) is 10.4. The molecule has 3 heteroatoms. The van der Waals surface area contributed by atoms with Gasteiger partial charge in [0.15, 0.2) is 0 Å². The van der Waals surface area contributed by atoms with Crippen LogP contribution in [0.5, 0.6) is 0 Å². The Bertz CT molecular complexity index is 61.1. The summed E-state index contributed by atoms with van der Waals surface area (Å²) in [7, 11) is 3.49. The lowest BCUT2D eigenvalue weighted by Crippen LogP contribution is -1.94. The van der Waals surface area contributed by atoms with Gasteiger partial charge < -0.3 is 9.47 Å². The second kappa shape index (κ2) is 10.3. The first-order chi connectivity index (χ1) is 5.41. The molecule has 0 spiro atoms. The van der Waals surface area contributed by atoms with Crippen molar-refractivity contribution in [3.63, 3.8) is 0 Å². The second-order valence-electron chi connectivity index (χ2n) is 2.31. The summed E-state index contributed by atoms with van der Waals surface area (Å²) in [6.45, 7) is 1.77. The average Bonchev–Trinajstić information content (AvgIpc) is 2.03. The number of rotatable bonds is 8. The van der Waals surface area contributed by atoms with Crippen LogP contribution in [0.15, 0.2) is 0 Å². The molecule has 0 fully saturated rings. The summed E-state index contributed by atoms with van der Waals surface area (Å²) in [6, 6.07) is 0. The SMILES string of the molecule is COCCCSCCCOC. The highest BCUT2D eigenvalue weighted by atomic mass is 32.2. The van der Waals surface area contributed by atoms with Gasteiger partial charge in [-0.1, -0.05) is 0 Å². The highest BCUT2D eigenvalue weighted by Crippen LogP contribution is 2.04. The lowest BCUT2D eigenvalue weighted by atomic mass is 10.5. The molecule has 0 aliphatic heterocycles. The van der Waals surface area contributed by atoms with Gasteiger partial charge in [0.05, 0.1) is 0 Å². The highest BCUT2D eigenvalue weighted by molar-refractivity contribution is 7.99. The van der Waals surface area contributed by atoms with Gasteiger partial charge in [0, 0.05) is 27.4 Å². The summed E-state index contributed by atoms with van der Waals surface area (Å²) in [5.41, 5.74) is 0. The van der Waals surface area contributed by atoms with Crippen molar-refractivity contribution in [3.05, 3.63) is 0 Å². The van der Waals surface area contributed by atoms with Crippen molar-refractivity contribution in [2.45, 2.75) is 12.8 Å². The molecule has 0 bridgehead atoms. The average molecular weight is 178 g/mol. The third kappa shape index (κ3) is 10.3. The minimum Gasteiger partial charge on any atom is -0.385 e. The molecule has 0 aliphatic rings. The molecular formula is C8H18O2S. The van der Waals surface area contributed by atoms with Crippen molar-refractivity contribution in [2.24, 2.45) is 0 Å². The molecule has 0 aromatic carbocycles. The van der Waals surface area contributed by atoms with Gasteiger partial charge >= 0.3 is 0 Å². The third-order valence-electron chi connectivity index (χ3n) is 1.27. The summed E-state index contributed by atoms with van der Waals surface area (Å²) in [5.74, 6) is 2.41. The van der Waals surface area contributed by atoms with Crippen molar-refractivity contribution < 1.29 is 9.47 Å². The monoisotopic (exact) mass is 178 g/mol. The maximum Gasteiger partial charge on any atom is 0.0470 e. The Labute approximate surface area is 73.6 Å². The Morgan fingerprint density at radius 3 is 1.73 bits per heavy atom. The van der Waals surface area contributed by atoms with E-state index in [2.05, 4.69) is 0 Å². The van der Waals surface area contributed by atoms with Crippen LogP contribution in [-0.2, 0) is 9.47 Å². The minimum absolute atomic E-state index is 0.886. The molecule has 0 aromatic heterocycles. The van der Waals surface area contributed by atoms with E-state index in [0.717, 1.165) is 26.1 Å². The van der Waals surface area contributed by atoms with Gasteiger partial charge in [-0.3, -0.25) is 0 Å². The van der Waals surface area contributed by atoms with Crippen LogP contribution in [0.4, 0.5) is 0 Å².